The van der Waals surface area contributed by atoms with E-state index in [9.17, 15) is 9.59 Å². The van der Waals surface area contributed by atoms with Gasteiger partial charge in [-0.3, -0.25) is 9.59 Å². The van der Waals surface area contributed by atoms with Gasteiger partial charge in [-0.1, -0.05) is 6.42 Å². The minimum absolute atomic E-state index is 0. The van der Waals surface area contributed by atoms with Crippen LogP contribution in [0, 0.1) is 5.92 Å². The van der Waals surface area contributed by atoms with Crippen LogP contribution in [0.25, 0.3) is 0 Å². The molecule has 0 saturated heterocycles. The highest BCUT2D eigenvalue weighted by atomic mass is 35.5. The highest BCUT2D eigenvalue weighted by molar-refractivity contribution is 5.85. The van der Waals surface area contributed by atoms with Crippen molar-refractivity contribution in [3.63, 3.8) is 0 Å². The van der Waals surface area contributed by atoms with E-state index in [1.807, 2.05) is 20.9 Å². The molecule has 0 aromatic heterocycles. The number of amides is 2. The molecule has 1 rings (SSSR count). The maximum atomic E-state index is 12.0. The summed E-state index contributed by atoms with van der Waals surface area (Å²) in [7, 11) is 1.83. The second-order valence-corrected chi connectivity index (χ2v) is 5.64. The molecular weight excluding hydrogens is 278 g/mol. The fourth-order valence-corrected chi connectivity index (χ4v) is 2.50. The zero-order valence-corrected chi connectivity index (χ0v) is 13.5. The van der Waals surface area contributed by atoms with E-state index in [-0.39, 0.29) is 42.2 Å². The Morgan fingerprint density at radius 1 is 1.25 bits per heavy atom. The number of carbonyl (C=O) groups excluding carboxylic acids is 2. The van der Waals surface area contributed by atoms with E-state index in [1.54, 1.807) is 0 Å². The lowest BCUT2D eigenvalue weighted by atomic mass is 9.85. The third-order valence-electron chi connectivity index (χ3n) is 3.44. The van der Waals surface area contributed by atoms with E-state index in [4.69, 9.17) is 0 Å². The van der Waals surface area contributed by atoms with E-state index in [2.05, 4.69) is 16.0 Å². The van der Waals surface area contributed by atoms with Gasteiger partial charge >= 0.3 is 0 Å². The van der Waals surface area contributed by atoms with Gasteiger partial charge in [0, 0.05) is 31.0 Å². The van der Waals surface area contributed by atoms with Crippen molar-refractivity contribution in [1.29, 1.82) is 0 Å². The fraction of sp³-hybridized carbons (Fsp3) is 0.857. The van der Waals surface area contributed by atoms with Crippen LogP contribution < -0.4 is 16.0 Å². The van der Waals surface area contributed by atoms with Crippen LogP contribution in [0.1, 0.15) is 46.0 Å². The number of nitrogens with one attached hydrogen (secondary N) is 3. The lowest BCUT2D eigenvalue weighted by Crippen LogP contribution is -2.44. The second kappa shape index (κ2) is 10.00. The summed E-state index contributed by atoms with van der Waals surface area (Å²) in [6.45, 7) is 4.63. The molecule has 3 N–H and O–H groups in total. The Bertz CT molecular complexity index is 311. The maximum Gasteiger partial charge on any atom is 0.223 e. The van der Waals surface area contributed by atoms with Crippen molar-refractivity contribution >= 4 is 24.2 Å². The Morgan fingerprint density at radius 2 is 1.95 bits per heavy atom. The highest BCUT2D eigenvalue weighted by Gasteiger charge is 2.28. The normalized spacial score (nSPS) is 22.0. The van der Waals surface area contributed by atoms with Crippen molar-refractivity contribution in [3.8, 4) is 0 Å². The van der Waals surface area contributed by atoms with Crippen LogP contribution in [0.3, 0.4) is 0 Å². The van der Waals surface area contributed by atoms with E-state index < -0.39 is 0 Å². The van der Waals surface area contributed by atoms with Crippen molar-refractivity contribution in [3.05, 3.63) is 0 Å². The van der Waals surface area contributed by atoms with Crippen LogP contribution in [0.15, 0.2) is 0 Å². The molecular formula is C14H28ClN3O2. The molecule has 20 heavy (non-hydrogen) atoms. The first kappa shape index (κ1) is 19.2. The summed E-state index contributed by atoms with van der Waals surface area (Å²) in [5, 5.41) is 8.95. The molecule has 0 bridgehead atoms. The van der Waals surface area contributed by atoms with Gasteiger partial charge in [0.15, 0.2) is 0 Å². The Labute approximate surface area is 128 Å². The molecule has 1 fully saturated rings. The fourth-order valence-electron chi connectivity index (χ4n) is 2.50. The molecule has 1 aliphatic rings. The molecule has 5 nitrogen and oxygen atoms in total. The molecule has 2 unspecified atom stereocenters. The molecule has 0 spiro atoms. The maximum absolute atomic E-state index is 12.0. The Balaban J connectivity index is 0.00000361. The SMILES string of the molecule is CNCCC(=O)NC1CCCC(C(=O)NC(C)C)C1.Cl. The van der Waals surface area contributed by atoms with Gasteiger partial charge < -0.3 is 16.0 Å². The summed E-state index contributed by atoms with van der Waals surface area (Å²) in [6.07, 6.45) is 4.19. The average Bonchev–Trinajstić information content (AvgIpc) is 2.36. The van der Waals surface area contributed by atoms with Crippen LogP contribution in [0.4, 0.5) is 0 Å². The third kappa shape index (κ3) is 7.10. The highest BCUT2D eigenvalue weighted by Crippen LogP contribution is 2.24. The second-order valence-electron chi connectivity index (χ2n) is 5.64. The monoisotopic (exact) mass is 305 g/mol. The molecule has 0 aliphatic heterocycles. The van der Waals surface area contributed by atoms with Crippen LogP contribution in [0.2, 0.25) is 0 Å². The summed E-state index contributed by atoms with van der Waals surface area (Å²) in [5.74, 6) is 0.249. The summed E-state index contributed by atoms with van der Waals surface area (Å²) < 4.78 is 0. The summed E-state index contributed by atoms with van der Waals surface area (Å²) in [4.78, 5) is 23.7. The van der Waals surface area contributed by atoms with Gasteiger partial charge in [-0.15, -0.1) is 12.4 Å². The summed E-state index contributed by atoms with van der Waals surface area (Å²) >= 11 is 0. The molecule has 2 amide bonds. The van der Waals surface area contributed by atoms with Gasteiger partial charge in [0.05, 0.1) is 0 Å². The van der Waals surface area contributed by atoms with Crippen molar-refractivity contribution in [2.45, 2.75) is 58.0 Å². The zero-order chi connectivity index (χ0) is 14.3. The van der Waals surface area contributed by atoms with Crippen molar-refractivity contribution in [2.75, 3.05) is 13.6 Å². The van der Waals surface area contributed by atoms with Crippen LogP contribution in [0.5, 0.6) is 0 Å². The predicted octanol–water partition coefficient (Wildman–Crippen LogP) is 1.22. The molecule has 0 radical (unpaired) electrons. The minimum Gasteiger partial charge on any atom is -0.354 e. The number of hydrogen-bond donors (Lipinski definition) is 3. The number of carbonyl (C=O) groups is 2. The number of hydrogen-bond acceptors (Lipinski definition) is 3. The molecule has 6 heteroatoms. The van der Waals surface area contributed by atoms with E-state index in [1.165, 1.54) is 0 Å². The molecule has 0 heterocycles. The lowest BCUT2D eigenvalue weighted by Gasteiger charge is -2.29. The first-order valence-corrected chi connectivity index (χ1v) is 7.27. The Morgan fingerprint density at radius 3 is 2.55 bits per heavy atom. The zero-order valence-electron chi connectivity index (χ0n) is 12.7. The van der Waals surface area contributed by atoms with Gasteiger partial charge in [-0.2, -0.15) is 0 Å². The van der Waals surface area contributed by atoms with Crippen molar-refractivity contribution in [1.82, 2.24) is 16.0 Å². The lowest BCUT2D eigenvalue weighted by molar-refractivity contribution is -0.128. The van der Waals surface area contributed by atoms with Crippen molar-refractivity contribution in [2.24, 2.45) is 5.92 Å². The van der Waals surface area contributed by atoms with E-state index in [0.29, 0.717) is 13.0 Å². The van der Waals surface area contributed by atoms with Gasteiger partial charge in [-0.25, -0.2) is 0 Å². The molecule has 1 aliphatic carbocycles. The molecule has 1 saturated carbocycles. The summed E-state index contributed by atoms with van der Waals surface area (Å²) in [6, 6.07) is 0.333. The van der Waals surface area contributed by atoms with Gasteiger partial charge in [-0.05, 0) is 40.2 Å². The smallest absolute Gasteiger partial charge is 0.223 e. The number of rotatable bonds is 6. The first-order chi connectivity index (χ1) is 9.02. The average molecular weight is 306 g/mol. The topological polar surface area (TPSA) is 70.2 Å². The van der Waals surface area contributed by atoms with Crippen LogP contribution >= 0.6 is 12.4 Å². The Kier molecular flexibility index (Phi) is 9.59. The predicted molar refractivity (Wildman–Crippen MR) is 83.0 cm³/mol. The third-order valence-corrected chi connectivity index (χ3v) is 3.44. The first-order valence-electron chi connectivity index (χ1n) is 7.27. The molecule has 0 aromatic carbocycles. The van der Waals surface area contributed by atoms with Gasteiger partial charge in [0.25, 0.3) is 0 Å². The molecule has 2 atom stereocenters. The van der Waals surface area contributed by atoms with Crippen molar-refractivity contribution < 1.29 is 9.59 Å². The minimum atomic E-state index is 0. The van der Waals surface area contributed by atoms with Crippen LogP contribution in [-0.4, -0.2) is 37.5 Å². The van der Waals surface area contributed by atoms with E-state index in [0.717, 1.165) is 25.7 Å². The standard InChI is InChI=1S/C14H27N3O2.ClH/c1-10(2)16-14(19)11-5-4-6-12(9-11)17-13(18)7-8-15-3;/h10-12,15H,4-9H2,1-3H3,(H,16,19)(H,17,18);1H. The molecule has 118 valence electrons. The summed E-state index contributed by atoms with van der Waals surface area (Å²) in [5.41, 5.74) is 0. The molecule has 0 aromatic rings. The van der Waals surface area contributed by atoms with Gasteiger partial charge in [0.1, 0.15) is 0 Å². The van der Waals surface area contributed by atoms with Crippen LogP contribution in [-0.2, 0) is 9.59 Å². The largest absolute Gasteiger partial charge is 0.354 e. The van der Waals surface area contributed by atoms with Gasteiger partial charge in [0.2, 0.25) is 11.8 Å². The number of halogens is 1. The Hall–Kier alpha value is -0.810. The van der Waals surface area contributed by atoms with E-state index >= 15 is 0 Å². The quantitative estimate of drug-likeness (QED) is 0.691.